The number of nitrogen functional groups attached to an aromatic ring is 1. The topological polar surface area (TPSA) is 64.8 Å². The van der Waals surface area contributed by atoms with Crippen LogP contribution in [0.2, 0.25) is 0 Å². The quantitative estimate of drug-likeness (QED) is 0.841. The van der Waals surface area contributed by atoms with Gasteiger partial charge in [-0.25, -0.2) is 0 Å². The van der Waals surface area contributed by atoms with Crippen molar-refractivity contribution in [3.8, 4) is 5.75 Å². The van der Waals surface area contributed by atoms with Crippen molar-refractivity contribution in [1.82, 2.24) is 4.90 Å². The molecule has 1 saturated heterocycles. The lowest BCUT2D eigenvalue weighted by Gasteiger charge is -2.22. The van der Waals surface area contributed by atoms with E-state index >= 15 is 0 Å². The molecule has 0 saturated carbocycles. The van der Waals surface area contributed by atoms with E-state index in [1.165, 1.54) is 0 Å². The molecule has 1 fully saturated rings. The summed E-state index contributed by atoms with van der Waals surface area (Å²) in [5.74, 6) is 0.477. The van der Waals surface area contributed by atoms with Crippen molar-refractivity contribution in [1.29, 1.82) is 0 Å². The number of ether oxygens (including phenoxy) is 2. The summed E-state index contributed by atoms with van der Waals surface area (Å²) in [7, 11) is 0. The Morgan fingerprint density at radius 2 is 2.26 bits per heavy atom. The highest BCUT2D eigenvalue weighted by molar-refractivity contribution is 6.01. The summed E-state index contributed by atoms with van der Waals surface area (Å²) in [5, 5.41) is 0. The molecule has 1 heterocycles. The molecule has 19 heavy (non-hydrogen) atoms. The van der Waals surface area contributed by atoms with E-state index < -0.39 is 0 Å². The first-order valence-corrected chi connectivity index (χ1v) is 6.62. The van der Waals surface area contributed by atoms with Crippen LogP contribution in [-0.4, -0.2) is 43.7 Å². The molecule has 5 heteroatoms. The molecular formula is C14H20N2O3. The van der Waals surface area contributed by atoms with Gasteiger partial charge in [0.15, 0.2) is 0 Å². The Kier molecular flexibility index (Phi) is 4.63. The number of hydrogen-bond donors (Lipinski definition) is 1. The Balaban J connectivity index is 2.26. The molecule has 1 aliphatic heterocycles. The fourth-order valence-corrected chi connectivity index (χ4v) is 2.16. The van der Waals surface area contributed by atoms with Crippen LogP contribution < -0.4 is 10.5 Å². The molecule has 2 rings (SSSR count). The Morgan fingerprint density at radius 3 is 3.05 bits per heavy atom. The SMILES string of the molecule is CCOc1cccc(N)c1C(=O)N1CCCOCC1. The van der Waals surface area contributed by atoms with Gasteiger partial charge in [-0.15, -0.1) is 0 Å². The van der Waals surface area contributed by atoms with Gasteiger partial charge in [0.2, 0.25) is 0 Å². The standard InChI is InChI=1S/C14H20N2O3/c1-2-19-12-6-3-5-11(15)13(12)14(17)16-7-4-9-18-10-8-16/h3,5-6H,2,4,7-10,15H2,1H3. The van der Waals surface area contributed by atoms with E-state index in [9.17, 15) is 4.79 Å². The number of carbonyl (C=O) groups is 1. The summed E-state index contributed by atoms with van der Waals surface area (Å²) in [6.07, 6.45) is 0.850. The number of carbonyl (C=O) groups excluding carboxylic acids is 1. The fourth-order valence-electron chi connectivity index (χ4n) is 2.16. The molecule has 0 spiro atoms. The van der Waals surface area contributed by atoms with Gasteiger partial charge in [0.05, 0.1) is 13.2 Å². The number of nitrogens with zero attached hydrogens (tertiary/aromatic N) is 1. The lowest BCUT2D eigenvalue weighted by Crippen LogP contribution is -2.34. The zero-order valence-electron chi connectivity index (χ0n) is 11.2. The molecule has 0 radical (unpaired) electrons. The molecule has 1 aromatic carbocycles. The molecule has 1 aromatic rings. The lowest BCUT2D eigenvalue weighted by molar-refractivity contribution is 0.0738. The molecular weight excluding hydrogens is 244 g/mol. The minimum absolute atomic E-state index is 0.0768. The third kappa shape index (κ3) is 3.17. The highest BCUT2D eigenvalue weighted by Crippen LogP contribution is 2.26. The van der Waals surface area contributed by atoms with Crippen LogP contribution >= 0.6 is 0 Å². The third-order valence-corrected chi connectivity index (χ3v) is 3.08. The van der Waals surface area contributed by atoms with E-state index in [-0.39, 0.29) is 5.91 Å². The minimum atomic E-state index is -0.0768. The van der Waals surface area contributed by atoms with Crippen molar-refractivity contribution in [3.63, 3.8) is 0 Å². The summed E-state index contributed by atoms with van der Waals surface area (Å²) in [5.41, 5.74) is 6.86. The van der Waals surface area contributed by atoms with Crippen LogP contribution in [0, 0.1) is 0 Å². The maximum atomic E-state index is 12.6. The van der Waals surface area contributed by atoms with Gasteiger partial charge in [-0.3, -0.25) is 4.79 Å². The maximum absolute atomic E-state index is 12.6. The second kappa shape index (κ2) is 6.43. The van der Waals surface area contributed by atoms with Crippen molar-refractivity contribution in [2.24, 2.45) is 0 Å². The molecule has 0 bridgehead atoms. The van der Waals surface area contributed by atoms with Crippen molar-refractivity contribution < 1.29 is 14.3 Å². The van der Waals surface area contributed by atoms with Gasteiger partial charge >= 0.3 is 0 Å². The largest absolute Gasteiger partial charge is 0.493 e. The van der Waals surface area contributed by atoms with Crippen LogP contribution in [0.5, 0.6) is 5.75 Å². The van der Waals surface area contributed by atoms with Gasteiger partial charge in [-0.2, -0.15) is 0 Å². The van der Waals surface area contributed by atoms with Crippen LogP contribution in [0.4, 0.5) is 5.69 Å². The molecule has 2 N–H and O–H groups in total. The van der Waals surface area contributed by atoms with Gasteiger partial charge in [-0.1, -0.05) is 6.07 Å². The minimum Gasteiger partial charge on any atom is -0.493 e. The van der Waals surface area contributed by atoms with E-state index in [0.29, 0.717) is 49.9 Å². The highest BCUT2D eigenvalue weighted by atomic mass is 16.5. The van der Waals surface area contributed by atoms with Gasteiger partial charge in [-0.05, 0) is 25.5 Å². The second-order valence-corrected chi connectivity index (χ2v) is 4.41. The average molecular weight is 264 g/mol. The molecule has 1 aliphatic rings. The number of hydrogen-bond acceptors (Lipinski definition) is 4. The van der Waals surface area contributed by atoms with Gasteiger partial charge in [0.1, 0.15) is 11.3 Å². The summed E-state index contributed by atoms with van der Waals surface area (Å²) in [6.45, 7) is 4.95. The summed E-state index contributed by atoms with van der Waals surface area (Å²) in [6, 6.07) is 5.30. The number of rotatable bonds is 3. The van der Waals surface area contributed by atoms with Crippen molar-refractivity contribution in [2.75, 3.05) is 38.6 Å². The zero-order valence-corrected chi connectivity index (χ0v) is 11.2. The van der Waals surface area contributed by atoms with E-state index in [0.717, 1.165) is 6.42 Å². The number of benzene rings is 1. The smallest absolute Gasteiger partial charge is 0.259 e. The van der Waals surface area contributed by atoms with E-state index in [4.69, 9.17) is 15.2 Å². The van der Waals surface area contributed by atoms with E-state index in [1.54, 1.807) is 23.1 Å². The van der Waals surface area contributed by atoms with Crippen molar-refractivity contribution in [3.05, 3.63) is 23.8 Å². The molecule has 5 nitrogen and oxygen atoms in total. The van der Waals surface area contributed by atoms with Crippen LogP contribution in [0.1, 0.15) is 23.7 Å². The second-order valence-electron chi connectivity index (χ2n) is 4.41. The third-order valence-electron chi connectivity index (χ3n) is 3.08. The number of nitrogens with two attached hydrogens (primary N) is 1. The maximum Gasteiger partial charge on any atom is 0.259 e. The first kappa shape index (κ1) is 13.7. The molecule has 0 unspecified atom stereocenters. The Hall–Kier alpha value is -1.75. The summed E-state index contributed by atoms with van der Waals surface area (Å²) >= 11 is 0. The number of anilines is 1. The molecule has 0 aromatic heterocycles. The number of amides is 1. The average Bonchev–Trinajstić information content (AvgIpc) is 2.67. The Morgan fingerprint density at radius 1 is 1.42 bits per heavy atom. The zero-order chi connectivity index (χ0) is 13.7. The first-order chi connectivity index (χ1) is 9.24. The molecule has 0 aliphatic carbocycles. The Labute approximate surface area is 113 Å². The van der Waals surface area contributed by atoms with Crippen molar-refractivity contribution in [2.45, 2.75) is 13.3 Å². The molecule has 104 valence electrons. The highest BCUT2D eigenvalue weighted by Gasteiger charge is 2.23. The lowest BCUT2D eigenvalue weighted by atomic mass is 10.1. The summed E-state index contributed by atoms with van der Waals surface area (Å²) < 4.78 is 10.9. The van der Waals surface area contributed by atoms with Crippen LogP contribution in [-0.2, 0) is 4.74 Å². The molecule has 0 atom stereocenters. The molecule has 1 amide bonds. The Bertz CT molecular complexity index is 440. The first-order valence-electron chi connectivity index (χ1n) is 6.62. The monoisotopic (exact) mass is 264 g/mol. The fraction of sp³-hybridized carbons (Fsp3) is 0.500. The van der Waals surface area contributed by atoms with E-state index in [1.807, 2.05) is 6.92 Å². The van der Waals surface area contributed by atoms with Gasteiger partial charge in [0.25, 0.3) is 5.91 Å². The van der Waals surface area contributed by atoms with E-state index in [2.05, 4.69) is 0 Å². The van der Waals surface area contributed by atoms with Gasteiger partial charge in [0, 0.05) is 25.4 Å². The van der Waals surface area contributed by atoms with Gasteiger partial charge < -0.3 is 20.1 Å². The van der Waals surface area contributed by atoms with Crippen LogP contribution in [0.3, 0.4) is 0 Å². The van der Waals surface area contributed by atoms with Crippen LogP contribution in [0.25, 0.3) is 0 Å². The predicted octanol–water partition coefficient (Wildman–Crippen LogP) is 1.53. The summed E-state index contributed by atoms with van der Waals surface area (Å²) in [4.78, 5) is 14.4. The predicted molar refractivity (Wildman–Crippen MR) is 73.4 cm³/mol. The van der Waals surface area contributed by atoms with Crippen LogP contribution in [0.15, 0.2) is 18.2 Å². The van der Waals surface area contributed by atoms with Crippen molar-refractivity contribution >= 4 is 11.6 Å². The normalized spacial score (nSPS) is 15.9.